The molecule has 0 spiro atoms. The quantitative estimate of drug-likeness (QED) is 0.0623. The normalized spacial score (nSPS) is 13.5. The molecule has 16 heteroatoms. The van der Waals surface area contributed by atoms with Crippen LogP contribution in [-0.4, -0.2) is 96.1 Å². The first-order chi connectivity index (χ1) is 25.4. The van der Waals surface area contributed by atoms with Crippen LogP contribution in [0.4, 0.5) is 0 Å². The molecular weight excluding hydrogens is 703 g/mol. The summed E-state index contributed by atoms with van der Waals surface area (Å²) in [4.78, 5) is 89.6. The van der Waals surface area contributed by atoms with Gasteiger partial charge in [0.2, 0.25) is 35.4 Å². The van der Waals surface area contributed by atoms with Gasteiger partial charge in [-0.05, 0) is 23.7 Å². The summed E-state index contributed by atoms with van der Waals surface area (Å²) in [7, 11) is 1.42. The molecule has 0 aliphatic carbocycles. The Bertz CT molecular complexity index is 1700. The number of rotatable bonds is 21. The van der Waals surface area contributed by atoms with Gasteiger partial charge in [-0.2, -0.15) is 12.6 Å². The number of carbonyl (C=O) groups excluding carboxylic acids is 6. The van der Waals surface area contributed by atoms with Crippen LogP contribution >= 0.6 is 12.6 Å². The van der Waals surface area contributed by atoms with Gasteiger partial charge < -0.3 is 42.7 Å². The summed E-state index contributed by atoms with van der Waals surface area (Å²) >= 11 is 4.22. The van der Waals surface area contributed by atoms with E-state index in [-0.39, 0.29) is 25.0 Å². The first-order valence-electron chi connectivity index (χ1n) is 16.8. The summed E-state index contributed by atoms with van der Waals surface area (Å²) < 4.78 is 0. The fraction of sp³-hybridized carbons (Fsp3) is 0.324. The highest BCUT2D eigenvalue weighted by molar-refractivity contribution is 7.80. The minimum Gasteiger partial charge on any atom is -0.481 e. The third kappa shape index (κ3) is 14.4. The number of benzene rings is 3. The Hall–Kier alpha value is -5.74. The molecule has 5 atom stereocenters. The second kappa shape index (κ2) is 21.6. The largest absolute Gasteiger partial charge is 0.481 e. The number of nitrogens with one attached hydrogen (secondary N) is 6. The number of nitrogens with two attached hydrogens (primary N) is 1. The molecule has 3 rings (SSSR count). The van der Waals surface area contributed by atoms with Gasteiger partial charge in [0.05, 0.1) is 19.0 Å². The van der Waals surface area contributed by atoms with Crippen molar-refractivity contribution in [1.82, 2.24) is 31.9 Å². The van der Waals surface area contributed by atoms with E-state index in [1.54, 1.807) is 91.0 Å². The van der Waals surface area contributed by atoms with Gasteiger partial charge in [-0.15, -0.1) is 0 Å². The average molecular weight is 748 g/mol. The molecular formula is C37H45N7O8S. The Labute approximate surface area is 312 Å². The molecule has 9 N–H and O–H groups in total. The Balaban J connectivity index is 1.70. The maximum Gasteiger partial charge on any atom is 0.305 e. The predicted octanol–water partition coefficient (Wildman–Crippen LogP) is -0.752. The topological polar surface area (TPSA) is 238 Å². The number of hydrogen-bond donors (Lipinski definition) is 9. The summed E-state index contributed by atoms with van der Waals surface area (Å²) in [6, 6.07) is 20.7. The van der Waals surface area contributed by atoms with Gasteiger partial charge in [0.15, 0.2) is 0 Å². The third-order valence-corrected chi connectivity index (χ3v) is 8.44. The van der Waals surface area contributed by atoms with Crippen LogP contribution in [0.15, 0.2) is 91.0 Å². The lowest BCUT2D eigenvalue weighted by atomic mass is 10.0. The van der Waals surface area contributed by atoms with Gasteiger partial charge in [0.1, 0.15) is 24.2 Å². The molecule has 3 aromatic rings. The fourth-order valence-corrected chi connectivity index (χ4v) is 5.50. The van der Waals surface area contributed by atoms with Crippen molar-refractivity contribution in [2.75, 3.05) is 19.3 Å². The highest BCUT2D eigenvalue weighted by Gasteiger charge is 2.30. The van der Waals surface area contributed by atoms with Gasteiger partial charge >= 0.3 is 5.97 Å². The minimum atomic E-state index is -1.21. The Morgan fingerprint density at radius 3 is 1.42 bits per heavy atom. The second-order valence-corrected chi connectivity index (χ2v) is 12.5. The minimum absolute atomic E-state index is 0.0207. The molecule has 0 bridgehead atoms. The molecule has 0 heterocycles. The smallest absolute Gasteiger partial charge is 0.305 e. The van der Waals surface area contributed by atoms with Crippen molar-refractivity contribution in [1.29, 1.82) is 0 Å². The molecule has 0 saturated carbocycles. The molecule has 15 nitrogen and oxygen atoms in total. The maximum atomic E-state index is 13.6. The summed E-state index contributed by atoms with van der Waals surface area (Å²) in [5, 5.41) is 24.6. The number of primary amides is 1. The van der Waals surface area contributed by atoms with Crippen LogP contribution in [0.3, 0.4) is 0 Å². The first kappa shape index (κ1) is 41.7. The number of carboxylic acid groups (broad SMARTS) is 1. The summed E-state index contributed by atoms with van der Waals surface area (Å²) in [5.41, 5.74) is 7.69. The van der Waals surface area contributed by atoms with Gasteiger partial charge in [-0.3, -0.25) is 33.6 Å². The fourth-order valence-electron chi connectivity index (χ4n) is 5.24. The van der Waals surface area contributed by atoms with Crippen LogP contribution in [-0.2, 0) is 52.8 Å². The molecule has 1 unspecified atom stereocenters. The van der Waals surface area contributed by atoms with E-state index < -0.39 is 84.6 Å². The van der Waals surface area contributed by atoms with E-state index in [1.165, 1.54) is 7.05 Å². The summed E-state index contributed by atoms with van der Waals surface area (Å²) in [5.74, 6) is -5.76. The zero-order valence-electron chi connectivity index (χ0n) is 29.1. The molecule has 3 aromatic carbocycles. The van der Waals surface area contributed by atoms with Crippen LogP contribution in [0.5, 0.6) is 0 Å². The Morgan fingerprint density at radius 2 is 0.981 bits per heavy atom. The van der Waals surface area contributed by atoms with Gasteiger partial charge in [0, 0.05) is 25.0 Å². The van der Waals surface area contributed by atoms with E-state index in [2.05, 4.69) is 44.5 Å². The van der Waals surface area contributed by atoms with Crippen molar-refractivity contribution in [2.24, 2.45) is 5.73 Å². The van der Waals surface area contributed by atoms with Crippen molar-refractivity contribution in [3.63, 3.8) is 0 Å². The lowest BCUT2D eigenvalue weighted by molar-refractivity contribution is -0.140. The van der Waals surface area contributed by atoms with Crippen LogP contribution in [0, 0.1) is 0 Å². The van der Waals surface area contributed by atoms with E-state index in [0.29, 0.717) is 11.1 Å². The summed E-state index contributed by atoms with van der Waals surface area (Å²) in [6.45, 7) is -0.584. The molecule has 53 heavy (non-hydrogen) atoms. The molecule has 6 amide bonds. The van der Waals surface area contributed by atoms with Crippen molar-refractivity contribution in [3.8, 4) is 0 Å². The number of carbonyl (C=O) groups is 7. The van der Waals surface area contributed by atoms with E-state index in [4.69, 9.17) is 5.73 Å². The third-order valence-electron chi connectivity index (χ3n) is 8.08. The maximum absolute atomic E-state index is 13.6. The van der Waals surface area contributed by atoms with Gasteiger partial charge in [-0.1, -0.05) is 91.0 Å². The predicted molar refractivity (Wildman–Crippen MR) is 199 cm³/mol. The molecule has 0 fully saturated rings. The number of aliphatic carboxylic acids is 1. The van der Waals surface area contributed by atoms with Crippen LogP contribution in [0.25, 0.3) is 0 Å². The van der Waals surface area contributed by atoms with Gasteiger partial charge in [-0.25, -0.2) is 0 Å². The van der Waals surface area contributed by atoms with Crippen molar-refractivity contribution >= 4 is 54.0 Å². The average Bonchev–Trinajstić information content (AvgIpc) is 3.15. The van der Waals surface area contributed by atoms with E-state index in [9.17, 15) is 38.7 Å². The number of thiol groups is 1. The zero-order chi connectivity index (χ0) is 38.8. The second-order valence-electron chi connectivity index (χ2n) is 12.1. The number of hydrogen-bond acceptors (Lipinski definition) is 9. The van der Waals surface area contributed by atoms with Crippen molar-refractivity contribution in [3.05, 3.63) is 108 Å². The highest BCUT2D eigenvalue weighted by Crippen LogP contribution is 2.08. The lowest BCUT2D eigenvalue weighted by Crippen LogP contribution is -2.58. The van der Waals surface area contributed by atoms with Crippen LogP contribution < -0.4 is 37.6 Å². The Morgan fingerprint density at radius 1 is 0.585 bits per heavy atom. The molecule has 0 aliphatic rings. The van der Waals surface area contributed by atoms with Crippen LogP contribution in [0.2, 0.25) is 0 Å². The monoisotopic (exact) mass is 747 g/mol. The Kier molecular flexibility index (Phi) is 17.0. The SMILES string of the molecule is CN[C@@H](CC(=O)O)C(=O)NC(Cc1ccccc1)C(=O)NCC(=O)N[C@@H](Cc1ccccc1)C(=O)N[C@@H](CS)C(=O)N[C@@H](Cc1ccccc1)C(N)=O. The molecule has 0 radical (unpaired) electrons. The van der Waals surface area contributed by atoms with Crippen LogP contribution in [0.1, 0.15) is 23.1 Å². The van der Waals surface area contributed by atoms with E-state index >= 15 is 0 Å². The van der Waals surface area contributed by atoms with Crippen molar-refractivity contribution in [2.45, 2.75) is 55.9 Å². The number of likely N-dealkylation sites (N-methyl/N-ethyl adjacent to an activating group) is 1. The standard InChI is InChI=1S/C37H45N7O8S/c1-39-27(20-32(46)47)35(50)43-28(18-24-13-7-3-8-14-24)34(49)40-21-31(45)41-29(19-25-15-9-4-10-16-25)36(51)44-30(22-53)37(52)42-26(33(38)48)17-23-11-5-2-6-12-23/h2-16,26-30,39,53H,17-22H2,1H3,(H2,38,48)(H,40,49)(H,41,45)(H,42,52)(H,43,50)(H,44,51)(H,46,47)/t26-,27-,28?,29-,30-/m0/s1. The summed E-state index contributed by atoms with van der Waals surface area (Å²) in [6.07, 6.45) is -0.336. The number of carboxylic acids is 1. The zero-order valence-corrected chi connectivity index (χ0v) is 30.0. The molecule has 282 valence electrons. The van der Waals surface area contributed by atoms with E-state index in [1.807, 2.05) is 0 Å². The highest BCUT2D eigenvalue weighted by atomic mass is 32.1. The molecule has 0 aromatic heterocycles. The first-order valence-corrected chi connectivity index (χ1v) is 17.4. The van der Waals surface area contributed by atoms with Crippen molar-refractivity contribution < 1.29 is 38.7 Å². The molecule has 0 saturated heterocycles. The van der Waals surface area contributed by atoms with Gasteiger partial charge in [0.25, 0.3) is 0 Å². The number of amides is 6. The van der Waals surface area contributed by atoms with E-state index in [0.717, 1.165) is 5.56 Å². The molecule has 0 aliphatic heterocycles. The lowest BCUT2D eigenvalue weighted by Gasteiger charge is -2.24.